The summed E-state index contributed by atoms with van der Waals surface area (Å²) in [5, 5.41) is 8.89. The summed E-state index contributed by atoms with van der Waals surface area (Å²) in [6.07, 6.45) is 1.67. The van der Waals surface area contributed by atoms with Crippen molar-refractivity contribution in [2.75, 3.05) is 17.5 Å². The number of carbonyl (C=O) groups is 1. The second kappa shape index (κ2) is 9.23. The van der Waals surface area contributed by atoms with E-state index in [0.717, 1.165) is 5.56 Å². The lowest BCUT2D eigenvalue weighted by atomic mass is 10.2. The first kappa shape index (κ1) is 20.5. The average molecular weight is 389 g/mol. The van der Waals surface area contributed by atoms with E-state index in [-0.39, 0.29) is 24.3 Å². The molecule has 0 aliphatic heterocycles. The molecular weight excluding hydrogens is 366 g/mol. The van der Waals surface area contributed by atoms with Gasteiger partial charge in [-0.2, -0.15) is 0 Å². The van der Waals surface area contributed by atoms with Crippen molar-refractivity contribution >= 4 is 21.7 Å². The Labute approximate surface area is 159 Å². The number of nitrogens with zero attached hydrogens (tertiary/aromatic N) is 1. The predicted octanol–water partition coefficient (Wildman–Crippen LogP) is 3.62. The minimum Gasteiger partial charge on any atom is -0.489 e. The third-order valence-corrected chi connectivity index (χ3v) is 5.68. The zero-order valence-electron chi connectivity index (χ0n) is 15.2. The van der Waals surface area contributed by atoms with Crippen LogP contribution in [0.5, 0.6) is 5.75 Å². The number of carboxylic acid groups (broad SMARTS) is 1. The molecule has 0 heterocycles. The predicted molar refractivity (Wildman–Crippen MR) is 105 cm³/mol. The summed E-state index contributed by atoms with van der Waals surface area (Å²) in [6.45, 7) is 5.81. The highest BCUT2D eigenvalue weighted by atomic mass is 32.2. The van der Waals surface area contributed by atoms with Gasteiger partial charge in [-0.1, -0.05) is 36.4 Å². The SMILES string of the molecule is C=CCOc1cccc(N(CCCC(=O)O)S(=O)(=O)c2ccc(C)cc2)c1. The first-order chi connectivity index (χ1) is 12.8. The van der Waals surface area contributed by atoms with E-state index in [1.54, 1.807) is 54.6 Å². The maximum atomic E-state index is 13.2. The third kappa shape index (κ3) is 5.59. The van der Waals surface area contributed by atoms with Gasteiger partial charge < -0.3 is 9.84 Å². The van der Waals surface area contributed by atoms with E-state index in [9.17, 15) is 13.2 Å². The van der Waals surface area contributed by atoms with Crippen molar-refractivity contribution in [3.63, 3.8) is 0 Å². The van der Waals surface area contributed by atoms with Gasteiger partial charge in [-0.15, -0.1) is 0 Å². The normalized spacial score (nSPS) is 11.0. The van der Waals surface area contributed by atoms with E-state index >= 15 is 0 Å². The van der Waals surface area contributed by atoms with Gasteiger partial charge in [-0.05, 0) is 37.6 Å². The summed E-state index contributed by atoms with van der Waals surface area (Å²) in [5.41, 5.74) is 1.37. The first-order valence-electron chi connectivity index (χ1n) is 8.49. The number of rotatable bonds is 10. The molecule has 1 N–H and O–H groups in total. The lowest BCUT2D eigenvalue weighted by Gasteiger charge is -2.25. The summed E-state index contributed by atoms with van der Waals surface area (Å²) in [4.78, 5) is 11.0. The smallest absolute Gasteiger partial charge is 0.303 e. The van der Waals surface area contributed by atoms with Crippen molar-refractivity contribution in [3.8, 4) is 5.75 Å². The van der Waals surface area contributed by atoms with Gasteiger partial charge in [0, 0.05) is 19.0 Å². The van der Waals surface area contributed by atoms with E-state index in [4.69, 9.17) is 9.84 Å². The lowest BCUT2D eigenvalue weighted by Crippen LogP contribution is -2.32. The van der Waals surface area contributed by atoms with Gasteiger partial charge in [0.2, 0.25) is 0 Å². The molecule has 0 aliphatic rings. The molecule has 6 nitrogen and oxygen atoms in total. The molecule has 0 amide bonds. The molecule has 2 aromatic rings. The number of hydrogen-bond acceptors (Lipinski definition) is 4. The summed E-state index contributed by atoms with van der Waals surface area (Å²) in [7, 11) is -3.84. The maximum Gasteiger partial charge on any atom is 0.303 e. The molecule has 27 heavy (non-hydrogen) atoms. The molecule has 0 atom stereocenters. The minimum atomic E-state index is -3.84. The van der Waals surface area contributed by atoms with Crippen molar-refractivity contribution in [2.24, 2.45) is 0 Å². The Morgan fingerprint density at radius 3 is 2.56 bits per heavy atom. The van der Waals surface area contributed by atoms with Crippen LogP contribution >= 0.6 is 0 Å². The van der Waals surface area contributed by atoms with Crippen LogP contribution in [0.15, 0.2) is 66.1 Å². The van der Waals surface area contributed by atoms with Gasteiger partial charge in [-0.3, -0.25) is 9.10 Å². The number of ether oxygens (including phenoxy) is 1. The molecule has 0 spiro atoms. The molecule has 7 heteroatoms. The molecule has 0 unspecified atom stereocenters. The van der Waals surface area contributed by atoms with Crippen molar-refractivity contribution in [2.45, 2.75) is 24.7 Å². The van der Waals surface area contributed by atoms with Crippen LogP contribution in [0.2, 0.25) is 0 Å². The van der Waals surface area contributed by atoms with Crippen LogP contribution in [0, 0.1) is 6.92 Å². The standard InChI is InChI=1S/C20H23NO5S/c1-3-14-26-18-7-4-6-17(15-18)21(13-5-8-20(22)23)27(24,25)19-11-9-16(2)10-12-19/h3-4,6-7,9-12,15H,1,5,8,13-14H2,2H3,(H,22,23). The number of aliphatic carboxylic acids is 1. The molecular formula is C20H23NO5S. The van der Waals surface area contributed by atoms with E-state index in [2.05, 4.69) is 6.58 Å². The van der Waals surface area contributed by atoms with Gasteiger partial charge in [-0.25, -0.2) is 8.42 Å². The highest BCUT2D eigenvalue weighted by Crippen LogP contribution is 2.27. The van der Waals surface area contributed by atoms with Gasteiger partial charge in [0.1, 0.15) is 12.4 Å². The Hall–Kier alpha value is -2.80. The van der Waals surface area contributed by atoms with E-state index in [0.29, 0.717) is 18.0 Å². The van der Waals surface area contributed by atoms with Gasteiger partial charge >= 0.3 is 5.97 Å². The lowest BCUT2D eigenvalue weighted by molar-refractivity contribution is -0.137. The van der Waals surface area contributed by atoms with Crippen molar-refractivity contribution in [1.29, 1.82) is 0 Å². The Morgan fingerprint density at radius 1 is 1.22 bits per heavy atom. The molecule has 0 aliphatic carbocycles. The second-order valence-corrected chi connectivity index (χ2v) is 7.85. The quantitative estimate of drug-likeness (QED) is 0.628. The van der Waals surface area contributed by atoms with Gasteiger partial charge in [0.25, 0.3) is 10.0 Å². The Bertz CT molecular complexity index is 891. The molecule has 0 saturated heterocycles. The largest absolute Gasteiger partial charge is 0.489 e. The molecule has 0 aromatic heterocycles. The summed E-state index contributed by atoms with van der Waals surface area (Å²) in [6, 6.07) is 13.3. The monoisotopic (exact) mass is 389 g/mol. The van der Waals surface area contributed by atoms with Crippen LogP contribution in [-0.4, -0.2) is 32.6 Å². The van der Waals surface area contributed by atoms with Gasteiger partial charge in [0.15, 0.2) is 0 Å². The number of benzene rings is 2. The highest BCUT2D eigenvalue weighted by Gasteiger charge is 2.25. The molecule has 0 bridgehead atoms. The number of carboxylic acids is 1. The first-order valence-corrected chi connectivity index (χ1v) is 9.93. The fraction of sp³-hybridized carbons (Fsp3) is 0.250. The summed E-state index contributed by atoms with van der Waals surface area (Å²) >= 11 is 0. The zero-order chi connectivity index (χ0) is 19.9. The van der Waals surface area contributed by atoms with Crippen LogP contribution in [0.1, 0.15) is 18.4 Å². The number of hydrogen-bond donors (Lipinski definition) is 1. The molecule has 2 aromatic carbocycles. The summed E-state index contributed by atoms with van der Waals surface area (Å²) < 4.78 is 33.0. The van der Waals surface area contributed by atoms with E-state index in [1.165, 1.54) is 4.31 Å². The van der Waals surface area contributed by atoms with Gasteiger partial charge in [0.05, 0.1) is 10.6 Å². The van der Waals surface area contributed by atoms with Crippen LogP contribution in [0.3, 0.4) is 0 Å². The maximum absolute atomic E-state index is 13.2. The van der Waals surface area contributed by atoms with Crippen LogP contribution in [-0.2, 0) is 14.8 Å². The van der Waals surface area contributed by atoms with Crippen molar-refractivity contribution in [1.82, 2.24) is 0 Å². The molecule has 0 saturated carbocycles. The van der Waals surface area contributed by atoms with Crippen LogP contribution in [0.4, 0.5) is 5.69 Å². The van der Waals surface area contributed by atoms with Crippen LogP contribution in [0.25, 0.3) is 0 Å². The second-order valence-electron chi connectivity index (χ2n) is 5.98. The third-order valence-electron chi connectivity index (χ3n) is 3.83. The average Bonchev–Trinajstić information content (AvgIpc) is 2.63. The Morgan fingerprint density at radius 2 is 1.93 bits per heavy atom. The molecule has 2 rings (SSSR count). The highest BCUT2D eigenvalue weighted by molar-refractivity contribution is 7.92. The minimum absolute atomic E-state index is 0.0490. The molecule has 144 valence electrons. The zero-order valence-corrected chi connectivity index (χ0v) is 16.0. The molecule has 0 fully saturated rings. The Balaban J connectivity index is 2.39. The van der Waals surface area contributed by atoms with E-state index < -0.39 is 16.0 Å². The fourth-order valence-electron chi connectivity index (χ4n) is 2.48. The van der Waals surface area contributed by atoms with Crippen molar-refractivity contribution < 1.29 is 23.1 Å². The molecule has 0 radical (unpaired) electrons. The fourth-order valence-corrected chi connectivity index (χ4v) is 3.98. The number of aryl methyl sites for hydroxylation is 1. The number of anilines is 1. The topological polar surface area (TPSA) is 83.9 Å². The summed E-state index contributed by atoms with van der Waals surface area (Å²) in [5.74, 6) is -0.458. The van der Waals surface area contributed by atoms with Crippen LogP contribution < -0.4 is 9.04 Å². The van der Waals surface area contributed by atoms with Crippen molar-refractivity contribution in [3.05, 3.63) is 66.7 Å². The van der Waals surface area contributed by atoms with E-state index in [1.807, 2.05) is 6.92 Å². The number of sulfonamides is 1. The Kier molecular flexibility index (Phi) is 7.01.